The molecule has 2 aromatic rings. The summed E-state index contributed by atoms with van der Waals surface area (Å²) in [6.07, 6.45) is 2.73. The number of halogens is 1. The van der Waals surface area contributed by atoms with Crippen molar-refractivity contribution in [3.05, 3.63) is 39.6 Å². The number of aryl methyl sites for hydroxylation is 1. The summed E-state index contributed by atoms with van der Waals surface area (Å²) in [6, 6.07) is 1.73. The minimum absolute atomic E-state index is 0.116. The third kappa shape index (κ3) is 2.71. The van der Waals surface area contributed by atoms with Crippen molar-refractivity contribution in [1.29, 1.82) is 0 Å². The van der Waals surface area contributed by atoms with Crippen molar-refractivity contribution in [1.82, 2.24) is 19.9 Å². The summed E-state index contributed by atoms with van der Waals surface area (Å²) in [5, 5.41) is 11.2. The Morgan fingerprint density at radius 3 is 2.83 bits per heavy atom. The monoisotopic (exact) mass is 283 g/mol. The number of aromatic nitrogens is 4. The molecule has 9 heteroatoms. The molecule has 92 valence electrons. The Hall–Kier alpha value is -1.80. The van der Waals surface area contributed by atoms with Crippen LogP contribution in [0.25, 0.3) is 0 Å². The van der Waals surface area contributed by atoms with E-state index in [1.807, 2.05) is 0 Å². The molecule has 18 heavy (non-hydrogen) atoms. The van der Waals surface area contributed by atoms with E-state index >= 15 is 0 Å². The van der Waals surface area contributed by atoms with Gasteiger partial charge < -0.3 is 0 Å². The third-order valence-electron chi connectivity index (χ3n) is 1.89. The Balaban J connectivity index is 2.40. The Bertz CT molecular complexity index is 609. The van der Waals surface area contributed by atoms with Gasteiger partial charge in [0, 0.05) is 11.9 Å². The van der Waals surface area contributed by atoms with Gasteiger partial charge in [0.2, 0.25) is 5.15 Å². The molecule has 0 aliphatic heterocycles. The molecule has 0 saturated heterocycles. The minimum atomic E-state index is -0.625. The molecule has 0 unspecified atom stereocenters. The fourth-order valence-electron chi connectivity index (χ4n) is 1.13. The first-order valence-electron chi connectivity index (χ1n) is 4.70. The Labute approximate surface area is 111 Å². The molecule has 0 amide bonds. The largest absolute Gasteiger partial charge is 0.338 e. The van der Waals surface area contributed by atoms with Gasteiger partial charge in [0.25, 0.3) is 0 Å². The van der Waals surface area contributed by atoms with E-state index < -0.39 is 4.92 Å². The SMILES string of the molecule is Cc1ccnc(Sc2ncnc(Cl)c2[N+](=O)[O-])n1. The van der Waals surface area contributed by atoms with Crippen LogP contribution in [0.15, 0.2) is 28.8 Å². The van der Waals surface area contributed by atoms with Gasteiger partial charge in [-0.15, -0.1) is 0 Å². The van der Waals surface area contributed by atoms with Crippen molar-refractivity contribution >= 4 is 29.1 Å². The van der Waals surface area contributed by atoms with Gasteiger partial charge in [-0.2, -0.15) is 0 Å². The second-order valence-electron chi connectivity index (χ2n) is 3.16. The van der Waals surface area contributed by atoms with E-state index in [-0.39, 0.29) is 15.9 Å². The standard InChI is InChI=1S/C9H6ClN5O2S/c1-5-2-3-11-9(14-5)18-8-6(15(16)17)7(10)12-4-13-8/h2-4H,1H3. The molecule has 7 nitrogen and oxygen atoms in total. The van der Waals surface area contributed by atoms with Gasteiger partial charge in [-0.3, -0.25) is 10.1 Å². The van der Waals surface area contributed by atoms with Crippen LogP contribution in [0.4, 0.5) is 5.69 Å². The predicted molar refractivity (Wildman–Crippen MR) is 64.6 cm³/mol. The molecule has 0 N–H and O–H groups in total. The Morgan fingerprint density at radius 2 is 2.17 bits per heavy atom. The highest BCUT2D eigenvalue weighted by molar-refractivity contribution is 7.99. The van der Waals surface area contributed by atoms with Crippen LogP contribution in [-0.2, 0) is 0 Å². The molecule has 0 aliphatic rings. The van der Waals surface area contributed by atoms with E-state index in [2.05, 4.69) is 19.9 Å². The molecule has 0 spiro atoms. The first kappa shape index (κ1) is 12.7. The van der Waals surface area contributed by atoms with Gasteiger partial charge in [0.15, 0.2) is 10.2 Å². The van der Waals surface area contributed by atoms with E-state index in [0.717, 1.165) is 23.8 Å². The average molecular weight is 284 g/mol. The Morgan fingerprint density at radius 1 is 1.39 bits per heavy atom. The van der Waals surface area contributed by atoms with Crippen LogP contribution in [0.3, 0.4) is 0 Å². The highest BCUT2D eigenvalue weighted by atomic mass is 35.5. The second-order valence-corrected chi connectivity index (χ2v) is 4.47. The van der Waals surface area contributed by atoms with Crippen molar-refractivity contribution in [2.24, 2.45) is 0 Å². The molecule has 0 atom stereocenters. The highest BCUT2D eigenvalue weighted by Crippen LogP contribution is 2.34. The van der Waals surface area contributed by atoms with Gasteiger partial charge >= 0.3 is 5.69 Å². The van der Waals surface area contributed by atoms with E-state index in [4.69, 9.17) is 11.6 Å². The lowest BCUT2D eigenvalue weighted by Crippen LogP contribution is -1.97. The molecular formula is C9H6ClN5O2S. The third-order valence-corrected chi connectivity index (χ3v) is 3.04. The summed E-state index contributed by atoms with van der Waals surface area (Å²) in [4.78, 5) is 25.8. The summed E-state index contributed by atoms with van der Waals surface area (Å²) in [5.41, 5.74) is 0.421. The van der Waals surface area contributed by atoms with Crippen molar-refractivity contribution < 1.29 is 4.92 Å². The molecule has 2 aromatic heterocycles. The van der Waals surface area contributed by atoms with E-state index in [0.29, 0.717) is 5.16 Å². The first-order valence-corrected chi connectivity index (χ1v) is 5.90. The number of rotatable bonds is 3. The zero-order valence-corrected chi connectivity index (χ0v) is 10.6. The maximum atomic E-state index is 10.9. The van der Waals surface area contributed by atoms with Crippen molar-refractivity contribution in [2.75, 3.05) is 0 Å². The van der Waals surface area contributed by atoms with Crippen molar-refractivity contribution in [3.8, 4) is 0 Å². The van der Waals surface area contributed by atoms with Gasteiger partial charge in [-0.25, -0.2) is 19.9 Å². The van der Waals surface area contributed by atoms with Crippen LogP contribution < -0.4 is 0 Å². The molecular weight excluding hydrogens is 278 g/mol. The second kappa shape index (κ2) is 5.23. The topological polar surface area (TPSA) is 94.7 Å². The summed E-state index contributed by atoms with van der Waals surface area (Å²) >= 11 is 6.65. The summed E-state index contributed by atoms with van der Waals surface area (Å²) < 4.78 is 0. The first-order chi connectivity index (χ1) is 8.58. The summed E-state index contributed by atoms with van der Waals surface area (Å²) in [6.45, 7) is 1.80. The number of nitro groups is 1. The maximum absolute atomic E-state index is 10.9. The number of hydrogen-bond acceptors (Lipinski definition) is 7. The van der Waals surface area contributed by atoms with Gasteiger partial charge in [0.05, 0.1) is 4.92 Å². The summed E-state index contributed by atoms with van der Waals surface area (Å²) in [5.74, 6) is 0. The van der Waals surface area contributed by atoms with E-state index in [1.54, 1.807) is 19.2 Å². The average Bonchev–Trinajstić information content (AvgIpc) is 2.28. The zero-order valence-electron chi connectivity index (χ0n) is 9.07. The quantitative estimate of drug-likeness (QED) is 0.369. The molecule has 0 aliphatic carbocycles. The molecule has 2 heterocycles. The molecule has 2 rings (SSSR count). The fourth-order valence-corrected chi connectivity index (χ4v) is 2.23. The smallest absolute Gasteiger partial charge is 0.258 e. The van der Waals surface area contributed by atoms with Crippen molar-refractivity contribution in [3.63, 3.8) is 0 Å². The summed E-state index contributed by atoms with van der Waals surface area (Å²) in [7, 11) is 0. The van der Waals surface area contributed by atoms with Crippen LogP contribution in [0, 0.1) is 17.0 Å². The van der Waals surface area contributed by atoms with Crippen LogP contribution in [0.1, 0.15) is 5.69 Å². The maximum Gasteiger partial charge on any atom is 0.338 e. The molecule has 0 bridgehead atoms. The lowest BCUT2D eigenvalue weighted by molar-refractivity contribution is -0.388. The van der Waals surface area contributed by atoms with E-state index in [9.17, 15) is 10.1 Å². The highest BCUT2D eigenvalue weighted by Gasteiger charge is 2.23. The van der Waals surface area contributed by atoms with Gasteiger partial charge in [-0.1, -0.05) is 11.6 Å². The minimum Gasteiger partial charge on any atom is -0.258 e. The van der Waals surface area contributed by atoms with Crippen LogP contribution in [-0.4, -0.2) is 24.9 Å². The van der Waals surface area contributed by atoms with Crippen LogP contribution >= 0.6 is 23.4 Å². The number of nitrogens with zero attached hydrogens (tertiary/aromatic N) is 5. The van der Waals surface area contributed by atoms with Gasteiger partial charge in [0.1, 0.15) is 6.33 Å². The molecule has 0 saturated carbocycles. The van der Waals surface area contributed by atoms with E-state index in [1.165, 1.54) is 0 Å². The number of hydrogen-bond donors (Lipinski definition) is 0. The lowest BCUT2D eigenvalue weighted by Gasteiger charge is -2.01. The molecule has 0 radical (unpaired) electrons. The predicted octanol–water partition coefficient (Wildman–Crippen LogP) is 2.29. The molecule has 0 aromatic carbocycles. The lowest BCUT2D eigenvalue weighted by atomic mass is 10.5. The Kier molecular flexibility index (Phi) is 3.68. The zero-order chi connectivity index (χ0) is 13.1. The van der Waals surface area contributed by atoms with Gasteiger partial charge in [-0.05, 0) is 24.8 Å². The molecule has 0 fully saturated rings. The van der Waals surface area contributed by atoms with Crippen molar-refractivity contribution in [2.45, 2.75) is 17.1 Å². The fraction of sp³-hybridized carbons (Fsp3) is 0.111. The normalized spacial score (nSPS) is 10.3. The van der Waals surface area contributed by atoms with Crippen LogP contribution in [0.5, 0.6) is 0 Å². The van der Waals surface area contributed by atoms with Crippen LogP contribution in [0.2, 0.25) is 5.15 Å².